The first kappa shape index (κ1) is 27.1. The molecule has 7 nitrogen and oxygen atoms in total. The van der Waals surface area contributed by atoms with Gasteiger partial charge in [0.25, 0.3) is 0 Å². The van der Waals surface area contributed by atoms with Gasteiger partial charge in [0.15, 0.2) is 5.78 Å². The van der Waals surface area contributed by atoms with Crippen LogP contribution in [0.5, 0.6) is 0 Å². The molecule has 0 spiro atoms. The maximum atomic E-state index is 13.8. The van der Waals surface area contributed by atoms with Crippen LogP contribution in [-0.2, 0) is 16.9 Å². The van der Waals surface area contributed by atoms with Gasteiger partial charge in [-0.25, -0.2) is 4.68 Å². The van der Waals surface area contributed by atoms with Gasteiger partial charge in [0.1, 0.15) is 5.69 Å². The molecule has 1 aromatic heterocycles. The number of aryl methyl sites for hydroxylation is 1. The predicted molar refractivity (Wildman–Crippen MR) is 153 cm³/mol. The van der Waals surface area contributed by atoms with Gasteiger partial charge in [-0.15, -0.1) is 0 Å². The Balaban J connectivity index is 1.59. The lowest BCUT2D eigenvalue weighted by molar-refractivity contribution is 0.0292. The minimum atomic E-state index is -3.11. The molecule has 1 fully saturated rings. The molecule has 8 heteroatoms. The second-order valence-corrected chi connectivity index (χ2v) is 12.6. The number of rotatable bonds is 9. The summed E-state index contributed by atoms with van der Waals surface area (Å²) in [6.45, 7) is 8.54. The van der Waals surface area contributed by atoms with E-state index in [2.05, 4.69) is 24.4 Å². The first-order valence-corrected chi connectivity index (χ1v) is 15.5. The van der Waals surface area contributed by atoms with Crippen molar-refractivity contribution in [3.05, 3.63) is 64.8 Å². The molecule has 2 aromatic carbocycles. The van der Waals surface area contributed by atoms with Crippen LogP contribution >= 0.6 is 10.6 Å². The number of hydrogen-bond donors (Lipinski definition) is 3. The van der Waals surface area contributed by atoms with Crippen molar-refractivity contribution in [3.8, 4) is 16.9 Å². The fourth-order valence-electron chi connectivity index (χ4n) is 5.75. The fourth-order valence-corrected chi connectivity index (χ4v) is 7.67. The van der Waals surface area contributed by atoms with Crippen LogP contribution in [0.3, 0.4) is 0 Å². The maximum absolute atomic E-state index is 13.8. The minimum Gasteiger partial charge on any atom is -0.375 e. The second kappa shape index (κ2) is 11.3. The maximum Gasteiger partial charge on any atom is 0.186 e. The van der Waals surface area contributed by atoms with Crippen molar-refractivity contribution in [1.82, 2.24) is 15.1 Å². The largest absolute Gasteiger partial charge is 0.375 e. The molecule has 1 saturated heterocycles. The van der Waals surface area contributed by atoms with Gasteiger partial charge in [-0.1, -0.05) is 57.0 Å². The number of morpholine rings is 1. The molecule has 38 heavy (non-hydrogen) atoms. The van der Waals surface area contributed by atoms with E-state index in [0.29, 0.717) is 16.2 Å². The van der Waals surface area contributed by atoms with E-state index in [1.165, 1.54) is 5.56 Å². The zero-order valence-corrected chi connectivity index (χ0v) is 23.4. The summed E-state index contributed by atoms with van der Waals surface area (Å²) < 4.78 is 30.2. The predicted octanol–water partition coefficient (Wildman–Crippen LogP) is 6.40. The van der Waals surface area contributed by atoms with Crippen LogP contribution < -0.4 is 5.32 Å². The summed E-state index contributed by atoms with van der Waals surface area (Å²) in [5.41, 5.74) is 5.41. The number of Topliss-reactive ketones (excluding diaryl/α,β-unsaturated/α-hetero) is 1. The third kappa shape index (κ3) is 5.20. The number of carbonyl (C=O) groups excluding carboxylic acids is 1. The number of fused-ring (bicyclic) bond motifs is 3. The van der Waals surface area contributed by atoms with Crippen LogP contribution in [0, 0.1) is 12.8 Å². The lowest BCUT2D eigenvalue weighted by atomic mass is 9.91. The quantitative estimate of drug-likeness (QED) is 0.273. The Morgan fingerprint density at radius 3 is 2.68 bits per heavy atom. The Morgan fingerprint density at radius 2 is 2.00 bits per heavy atom. The van der Waals surface area contributed by atoms with Crippen LogP contribution in [-0.4, -0.2) is 50.5 Å². The first-order valence-electron chi connectivity index (χ1n) is 13.8. The summed E-state index contributed by atoms with van der Waals surface area (Å²) in [5.74, 6) is -0.120. The van der Waals surface area contributed by atoms with Crippen LogP contribution in [0.2, 0.25) is 0 Å². The molecule has 2 aliphatic rings. The fraction of sp³-hybridized carbons (Fsp3) is 0.467. The smallest absolute Gasteiger partial charge is 0.186 e. The molecule has 0 saturated carbocycles. The van der Waals surface area contributed by atoms with Crippen LogP contribution in [0.1, 0.15) is 66.7 Å². The summed E-state index contributed by atoms with van der Waals surface area (Å²) in [4.78, 5) is 14.4. The molecule has 5 rings (SSSR count). The Bertz CT molecular complexity index is 1300. The zero-order chi connectivity index (χ0) is 26.9. The van der Waals surface area contributed by atoms with Crippen molar-refractivity contribution >= 4 is 16.4 Å². The number of hydrogen-bond acceptors (Lipinski definition) is 6. The van der Waals surface area contributed by atoms with Crippen molar-refractivity contribution in [1.29, 1.82) is 0 Å². The van der Waals surface area contributed by atoms with Crippen molar-refractivity contribution < 1.29 is 18.6 Å². The summed E-state index contributed by atoms with van der Waals surface area (Å²) in [5, 5.41) is 8.28. The summed E-state index contributed by atoms with van der Waals surface area (Å²) in [6, 6.07) is 14.0. The highest BCUT2D eigenvalue weighted by molar-refractivity contribution is 8.23. The minimum absolute atomic E-state index is 0.000760. The SMILES string of the molecule is CCCCC(CC)C(=O)c1nn(-c2ccc(CC3CNCCO3)cc2)c2c1CS(O)(O)c1c(C)cccc1-2. The summed E-state index contributed by atoms with van der Waals surface area (Å²) >= 11 is 0. The van der Waals surface area contributed by atoms with Gasteiger partial charge in [0.05, 0.1) is 34.7 Å². The van der Waals surface area contributed by atoms with E-state index >= 15 is 0 Å². The van der Waals surface area contributed by atoms with E-state index < -0.39 is 10.6 Å². The van der Waals surface area contributed by atoms with E-state index in [1.807, 2.05) is 48.9 Å². The van der Waals surface area contributed by atoms with Gasteiger partial charge in [-0.2, -0.15) is 15.7 Å². The normalized spacial score (nSPS) is 19.9. The van der Waals surface area contributed by atoms with Crippen molar-refractivity contribution in [2.45, 2.75) is 69.6 Å². The average Bonchev–Trinajstić information content (AvgIpc) is 3.28. The van der Waals surface area contributed by atoms with Crippen LogP contribution in [0.25, 0.3) is 16.9 Å². The van der Waals surface area contributed by atoms with E-state index in [1.54, 1.807) is 0 Å². The van der Waals surface area contributed by atoms with E-state index in [4.69, 9.17) is 9.84 Å². The van der Waals surface area contributed by atoms with Crippen molar-refractivity contribution in [3.63, 3.8) is 0 Å². The highest BCUT2D eigenvalue weighted by Gasteiger charge is 2.38. The highest BCUT2D eigenvalue weighted by atomic mass is 32.3. The molecule has 0 aliphatic carbocycles. The zero-order valence-electron chi connectivity index (χ0n) is 22.6. The lowest BCUT2D eigenvalue weighted by Crippen LogP contribution is -2.39. The third-order valence-corrected chi connectivity index (χ3v) is 9.66. The van der Waals surface area contributed by atoms with Crippen molar-refractivity contribution in [2.24, 2.45) is 5.92 Å². The van der Waals surface area contributed by atoms with Gasteiger partial charge < -0.3 is 10.1 Å². The standard InChI is InChI=1S/C30H39N3O4S/c1-4-6-9-22(5-2)29(34)27-26-19-38(35,36)30-20(3)8-7-10-25(30)28(26)33(32-27)23-13-11-21(12-14-23)17-24-18-31-15-16-37-24/h7-8,10-14,22,24,31,35-36H,4-6,9,15-19H2,1-3H3. The van der Waals surface area contributed by atoms with E-state index in [0.717, 1.165) is 74.3 Å². The first-order chi connectivity index (χ1) is 18.3. The molecule has 2 unspecified atom stereocenters. The molecule has 2 aliphatic heterocycles. The van der Waals surface area contributed by atoms with Gasteiger partial charge >= 0.3 is 0 Å². The number of ketones is 1. The molecule has 3 aromatic rings. The van der Waals surface area contributed by atoms with Gasteiger partial charge in [-0.05, 0) is 49.4 Å². The topological polar surface area (TPSA) is 96.6 Å². The molecular formula is C30H39N3O4S. The lowest BCUT2D eigenvalue weighted by Gasteiger charge is -2.39. The number of nitrogens with one attached hydrogen (secondary N) is 1. The van der Waals surface area contributed by atoms with E-state index in [9.17, 15) is 13.9 Å². The number of benzene rings is 2. The molecule has 0 radical (unpaired) electrons. The van der Waals surface area contributed by atoms with Gasteiger partial charge in [0, 0.05) is 30.1 Å². The number of unbranched alkanes of at least 4 members (excludes halogenated alkanes) is 1. The van der Waals surface area contributed by atoms with Gasteiger partial charge in [-0.3, -0.25) is 13.9 Å². The summed E-state index contributed by atoms with van der Waals surface area (Å²) in [6.07, 6.45) is 4.53. The number of carbonyl (C=O) groups is 1. The number of nitrogens with zero attached hydrogens (tertiary/aromatic N) is 2. The molecule has 204 valence electrons. The molecule has 3 heterocycles. The molecule has 2 atom stereocenters. The Labute approximate surface area is 227 Å². The second-order valence-electron chi connectivity index (χ2n) is 10.5. The molecular weight excluding hydrogens is 498 g/mol. The monoisotopic (exact) mass is 537 g/mol. The van der Waals surface area contributed by atoms with E-state index in [-0.39, 0.29) is 23.6 Å². The number of ether oxygens (including phenoxy) is 1. The van der Waals surface area contributed by atoms with Crippen molar-refractivity contribution in [2.75, 3.05) is 19.7 Å². The molecule has 0 bridgehead atoms. The van der Waals surface area contributed by atoms with Gasteiger partial charge in [0.2, 0.25) is 0 Å². The molecule has 0 amide bonds. The Kier molecular flexibility index (Phi) is 8.07. The summed E-state index contributed by atoms with van der Waals surface area (Å²) in [7, 11) is -3.11. The Hall–Kier alpha value is -2.49. The molecule has 3 N–H and O–H groups in total. The highest BCUT2D eigenvalue weighted by Crippen LogP contribution is 2.61. The Morgan fingerprint density at radius 1 is 1.21 bits per heavy atom. The van der Waals surface area contributed by atoms with Crippen LogP contribution in [0.15, 0.2) is 47.4 Å². The third-order valence-electron chi connectivity index (χ3n) is 7.77. The van der Waals surface area contributed by atoms with Crippen LogP contribution in [0.4, 0.5) is 0 Å². The average molecular weight is 538 g/mol. The number of aromatic nitrogens is 2.